The van der Waals surface area contributed by atoms with Crippen molar-refractivity contribution in [1.82, 2.24) is 0 Å². The number of benzene rings is 1. The molecule has 16 heavy (non-hydrogen) atoms. The first kappa shape index (κ1) is 12.4. The van der Waals surface area contributed by atoms with Gasteiger partial charge in [-0.1, -0.05) is 0 Å². The molecule has 1 aromatic rings. The van der Waals surface area contributed by atoms with E-state index in [0.29, 0.717) is 5.75 Å². The summed E-state index contributed by atoms with van der Waals surface area (Å²) in [6, 6.07) is 5.54. The fourth-order valence-corrected chi connectivity index (χ4v) is 0.919. The fraction of sp³-hybridized carbons (Fsp3) is 0.300. The van der Waals surface area contributed by atoms with Crippen molar-refractivity contribution in [1.29, 1.82) is 0 Å². The highest BCUT2D eigenvalue weighted by Gasteiger charge is 2.29. The molecule has 1 rings (SSSR count). The molecule has 0 bridgehead atoms. The van der Waals surface area contributed by atoms with Crippen LogP contribution in [0.15, 0.2) is 24.3 Å². The molecule has 0 N–H and O–H groups in total. The second-order valence-corrected chi connectivity index (χ2v) is 2.83. The Balaban J connectivity index is 2.62. The molecule has 0 aliphatic heterocycles. The van der Waals surface area contributed by atoms with Crippen molar-refractivity contribution >= 4 is 5.97 Å². The zero-order valence-electron chi connectivity index (χ0n) is 8.32. The Morgan fingerprint density at radius 3 is 2.06 bits per heavy atom. The number of halogens is 3. The fourth-order valence-electron chi connectivity index (χ4n) is 0.919. The topological polar surface area (TPSA) is 35.5 Å². The first-order valence-electron chi connectivity index (χ1n) is 4.32. The SMILES string of the molecule is COc1ccc(OC(=O)C(F)C(F)F)cc1. The molecule has 1 unspecified atom stereocenters. The van der Waals surface area contributed by atoms with E-state index in [0.717, 1.165) is 0 Å². The standard InChI is InChI=1S/C10H9F3O3/c1-15-6-2-4-7(5-3-6)16-10(14)8(11)9(12)13/h2-5,8-9H,1H3. The number of rotatable bonds is 4. The predicted molar refractivity (Wildman–Crippen MR) is 49.5 cm³/mol. The Labute approximate surface area is 89.8 Å². The van der Waals surface area contributed by atoms with Gasteiger partial charge in [0, 0.05) is 0 Å². The van der Waals surface area contributed by atoms with Crippen LogP contribution in [0.5, 0.6) is 11.5 Å². The molecule has 1 atom stereocenters. The number of methoxy groups -OCH3 is 1. The van der Waals surface area contributed by atoms with Crippen LogP contribution in [0.3, 0.4) is 0 Å². The second kappa shape index (κ2) is 5.39. The van der Waals surface area contributed by atoms with E-state index in [1.807, 2.05) is 0 Å². The van der Waals surface area contributed by atoms with Crippen LogP contribution in [0.4, 0.5) is 13.2 Å². The molecule has 0 aromatic heterocycles. The van der Waals surface area contributed by atoms with E-state index in [4.69, 9.17) is 4.74 Å². The third kappa shape index (κ3) is 3.15. The highest BCUT2D eigenvalue weighted by atomic mass is 19.3. The summed E-state index contributed by atoms with van der Waals surface area (Å²) in [6.45, 7) is 0. The number of alkyl halides is 3. The van der Waals surface area contributed by atoms with Crippen molar-refractivity contribution in [2.45, 2.75) is 12.6 Å². The predicted octanol–water partition coefficient (Wildman–Crippen LogP) is 2.20. The molecule has 6 heteroatoms. The molecule has 0 saturated heterocycles. The van der Waals surface area contributed by atoms with Gasteiger partial charge in [-0.05, 0) is 24.3 Å². The van der Waals surface area contributed by atoms with E-state index in [1.165, 1.54) is 31.4 Å². The average molecular weight is 234 g/mol. The first-order chi connectivity index (χ1) is 7.54. The number of carbonyl (C=O) groups is 1. The minimum absolute atomic E-state index is 0.0194. The van der Waals surface area contributed by atoms with E-state index < -0.39 is 18.6 Å². The molecule has 0 amide bonds. The summed E-state index contributed by atoms with van der Waals surface area (Å²) in [6.07, 6.45) is -6.31. The maximum atomic E-state index is 12.5. The number of carbonyl (C=O) groups excluding carboxylic acids is 1. The summed E-state index contributed by atoms with van der Waals surface area (Å²) < 4.78 is 45.3. The molecule has 0 heterocycles. The van der Waals surface area contributed by atoms with Gasteiger partial charge in [0.25, 0.3) is 12.6 Å². The van der Waals surface area contributed by atoms with E-state index in [1.54, 1.807) is 0 Å². The molecule has 3 nitrogen and oxygen atoms in total. The zero-order valence-corrected chi connectivity index (χ0v) is 8.32. The minimum atomic E-state index is -3.38. The Bertz CT molecular complexity index is 351. The van der Waals surface area contributed by atoms with E-state index >= 15 is 0 Å². The molecule has 0 aliphatic carbocycles. The van der Waals surface area contributed by atoms with Gasteiger partial charge in [0.2, 0.25) is 0 Å². The zero-order chi connectivity index (χ0) is 12.1. The number of esters is 1. The molecule has 0 fully saturated rings. The molecular formula is C10H9F3O3. The van der Waals surface area contributed by atoms with Crippen LogP contribution in [0.2, 0.25) is 0 Å². The maximum absolute atomic E-state index is 12.5. The lowest BCUT2D eigenvalue weighted by atomic mass is 10.3. The van der Waals surface area contributed by atoms with Crippen molar-refractivity contribution in [3.05, 3.63) is 24.3 Å². The molecule has 0 spiro atoms. The summed E-state index contributed by atoms with van der Waals surface area (Å²) in [5.41, 5.74) is 0. The normalized spacial score (nSPS) is 12.3. The van der Waals surface area contributed by atoms with Crippen LogP contribution >= 0.6 is 0 Å². The van der Waals surface area contributed by atoms with Gasteiger partial charge in [0.1, 0.15) is 11.5 Å². The van der Waals surface area contributed by atoms with Crippen LogP contribution in [-0.4, -0.2) is 25.7 Å². The van der Waals surface area contributed by atoms with Crippen molar-refractivity contribution in [3.8, 4) is 11.5 Å². The lowest BCUT2D eigenvalue weighted by molar-refractivity contribution is -0.145. The van der Waals surface area contributed by atoms with E-state index in [-0.39, 0.29) is 5.75 Å². The maximum Gasteiger partial charge on any atom is 0.352 e. The Morgan fingerprint density at radius 1 is 1.12 bits per heavy atom. The summed E-state index contributed by atoms with van der Waals surface area (Å²) in [7, 11) is 1.44. The third-order valence-electron chi connectivity index (χ3n) is 1.72. The Morgan fingerprint density at radius 2 is 1.62 bits per heavy atom. The lowest BCUT2D eigenvalue weighted by Gasteiger charge is -2.07. The van der Waals surface area contributed by atoms with Gasteiger partial charge in [0.15, 0.2) is 0 Å². The van der Waals surface area contributed by atoms with Crippen LogP contribution in [-0.2, 0) is 4.79 Å². The molecule has 0 saturated carbocycles. The number of ether oxygens (including phenoxy) is 2. The Hall–Kier alpha value is -1.72. The van der Waals surface area contributed by atoms with Gasteiger partial charge in [-0.3, -0.25) is 0 Å². The van der Waals surface area contributed by atoms with Crippen molar-refractivity contribution in [3.63, 3.8) is 0 Å². The molecule has 1 aromatic carbocycles. The van der Waals surface area contributed by atoms with Gasteiger partial charge in [-0.15, -0.1) is 0 Å². The summed E-state index contributed by atoms with van der Waals surface area (Å²) in [5.74, 6) is -1.13. The summed E-state index contributed by atoms with van der Waals surface area (Å²) >= 11 is 0. The largest absolute Gasteiger partial charge is 0.497 e. The Kier molecular flexibility index (Phi) is 4.16. The smallest absolute Gasteiger partial charge is 0.352 e. The molecular weight excluding hydrogens is 225 g/mol. The van der Waals surface area contributed by atoms with E-state index in [9.17, 15) is 18.0 Å². The quantitative estimate of drug-likeness (QED) is 0.591. The first-order valence-corrected chi connectivity index (χ1v) is 4.32. The molecule has 0 radical (unpaired) electrons. The summed E-state index contributed by atoms with van der Waals surface area (Å²) in [5, 5.41) is 0. The van der Waals surface area contributed by atoms with Crippen molar-refractivity contribution in [2.75, 3.05) is 7.11 Å². The van der Waals surface area contributed by atoms with Crippen LogP contribution < -0.4 is 9.47 Å². The summed E-state index contributed by atoms with van der Waals surface area (Å²) in [4.78, 5) is 10.8. The van der Waals surface area contributed by atoms with Gasteiger partial charge in [-0.2, -0.15) is 0 Å². The van der Waals surface area contributed by atoms with Crippen molar-refractivity contribution in [2.24, 2.45) is 0 Å². The van der Waals surface area contributed by atoms with Crippen LogP contribution in [0.25, 0.3) is 0 Å². The highest BCUT2D eigenvalue weighted by molar-refractivity contribution is 5.77. The highest BCUT2D eigenvalue weighted by Crippen LogP contribution is 2.18. The van der Waals surface area contributed by atoms with Gasteiger partial charge < -0.3 is 9.47 Å². The van der Waals surface area contributed by atoms with Gasteiger partial charge in [0.05, 0.1) is 7.11 Å². The number of hydrogen-bond donors (Lipinski definition) is 0. The minimum Gasteiger partial charge on any atom is -0.497 e. The van der Waals surface area contributed by atoms with Crippen LogP contribution in [0.1, 0.15) is 0 Å². The van der Waals surface area contributed by atoms with E-state index in [2.05, 4.69) is 4.74 Å². The lowest BCUT2D eigenvalue weighted by Crippen LogP contribution is -2.28. The van der Waals surface area contributed by atoms with Crippen LogP contribution in [0, 0.1) is 0 Å². The third-order valence-corrected chi connectivity index (χ3v) is 1.72. The average Bonchev–Trinajstić information content (AvgIpc) is 2.28. The molecule has 0 aliphatic rings. The van der Waals surface area contributed by atoms with Gasteiger partial charge >= 0.3 is 5.97 Å². The van der Waals surface area contributed by atoms with Gasteiger partial charge in [-0.25, -0.2) is 18.0 Å². The second-order valence-electron chi connectivity index (χ2n) is 2.83. The molecule has 88 valence electrons. The monoisotopic (exact) mass is 234 g/mol. The number of hydrogen-bond acceptors (Lipinski definition) is 3. The van der Waals surface area contributed by atoms with Crippen molar-refractivity contribution < 1.29 is 27.4 Å².